The molecule has 0 aliphatic heterocycles. The number of nitrogens with two attached hydrogens (primary N) is 1. The van der Waals surface area contributed by atoms with Crippen molar-refractivity contribution in [3.8, 4) is 0 Å². The Kier molecular flexibility index (Phi) is 7.18. The molecule has 0 spiro atoms. The van der Waals surface area contributed by atoms with Crippen molar-refractivity contribution in [1.82, 2.24) is 0 Å². The molecule has 12 heteroatoms. The van der Waals surface area contributed by atoms with E-state index in [1.807, 2.05) is 0 Å². The van der Waals surface area contributed by atoms with Crippen LogP contribution in [0.5, 0.6) is 0 Å². The van der Waals surface area contributed by atoms with E-state index in [0.29, 0.717) is 5.56 Å². The van der Waals surface area contributed by atoms with Gasteiger partial charge in [0.25, 0.3) is 5.91 Å². The van der Waals surface area contributed by atoms with Crippen molar-refractivity contribution in [1.29, 1.82) is 0 Å². The van der Waals surface area contributed by atoms with Gasteiger partial charge in [-0.15, -0.1) is 23.2 Å². The van der Waals surface area contributed by atoms with Crippen molar-refractivity contribution in [2.24, 2.45) is 5.92 Å². The van der Waals surface area contributed by atoms with E-state index in [2.05, 4.69) is 5.32 Å². The molecule has 0 bridgehead atoms. The van der Waals surface area contributed by atoms with E-state index in [0.717, 1.165) is 24.3 Å². The van der Waals surface area contributed by atoms with Gasteiger partial charge in [0, 0.05) is 12.3 Å². The molecule has 3 aromatic rings. The van der Waals surface area contributed by atoms with E-state index in [-0.39, 0.29) is 28.3 Å². The lowest BCUT2D eigenvalue weighted by Crippen LogP contribution is -2.16. The van der Waals surface area contributed by atoms with Gasteiger partial charge in [0.15, 0.2) is 5.82 Å². The number of benzene rings is 3. The van der Waals surface area contributed by atoms with Crippen molar-refractivity contribution in [2.75, 3.05) is 11.1 Å². The highest BCUT2D eigenvalue weighted by Crippen LogP contribution is 2.65. The van der Waals surface area contributed by atoms with Crippen molar-refractivity contribution in [3.05, 3.63) is 92.5 Å². The van der Waals surface area contributed by atoms with Gasteiger partial charge in [0.1, 0.15) is 38.3 Å². The molecule has 1 amide bonds. The highest BCUT2D eigenvalue weighted by Gasteiger charge is 2.67. The van der Waals surface area contributed by atoms with E-state index in [1.165, 1.54) is 18.2 Å². The Morgan fingerprint density at radius 2 is 1.58 bits per heavy atom. The Bertz CT molecular complexity index is 1390. The molecule has 4 rings (SSSR count). The fourth-order valence-corrected chi connectivity index (χ4v) is 5.11. The lowest BCUT2D eigenvalue weighted by atomic mass is 10.0. The molecule has 0 saturated heterocycles. The quantitative estimate of drug-likeness (QED) is 0.142. The topological polar surface area (TPSA) is 72.2 Å². The van der Waals surface area contributed by atoms with Crippen LogP contribution in [0.1, 0.15) is 27.4 Å². The van der Waals surface area contributed by atoms with Crippen LogP contribution in [0.15, 0.2) is 42.5 Å². The minimum absolute atomic E-state index is 0.000336. The molecule has 2 atom stereocenters. The fourth-order valence-electron chi connectivity index (χ4n) is 3.92. The van der Waals surface area contributed by atoms with Crippen molar-refractivity contribution in [2.45, 2.75) is 16.7 Å². The Balaban J connectivity index is 1.53. The lowest BCUT2D eigenvalue weighted by molar-refractivity contribution is -0.119. The van der Waals surface area contributed by atoms with Crippen LogP contribution in [0, 0.1) is 29.2 Å². The molecule has 1 saturated carbocycles. The van der Waals surface area contributed by atoms with E-state index < -0.39 is 61.8 Å². The number of alkyl halides is 2. The number of nitrogens with one attached hydrogen (secondary N) is 1. The standard InChI is InChI=1S/C24H14Cl4F4N2O2/c25-12-2-1-9(5-11(12)23(36)34-16-4-3-13(29)22(33)21(16)32)6-17(35)19-18(24(19,27)28)10-7-14(30)20(26)15(31)8-10/h1-5,7-8,18-19H,6,33H2,(H,34,36). The number of carbonyl (C=O) groups is 2. The summed E-state index contributed by atoms with van der Waals surface area (Å²) in [6.07, 6.45) is -0.240. The summed E-state index contributed by atoms with van der Waals surface area (Å²) in [6, 6.07) is 7.97. The third-order valence-corrected chi connectivity index (χ3v) is 7.43. The number of hydrogen-bond donors (Lipinski definition) is 2. The van der Waals surface area contributed by atoms with E-state index in [4.69, 9.17) is 52.1 Å². The monoisotopic (exact) mass is 578 g/mol. The number of carbonyl (C=O) groups excluding carboxylic acids is 2. The van der Waals surface area contributed by atoms with Crippen LogP contribution in [0.4, 0.5) is 28.9 Å². The van der Waals surface area contributed by atoms with E-state index in [1.54, 1.807) is 0 Å². The minimum Gasteiger partial charge on any atom is -0.394 e. The summed E-state index contributed by atoms with van der Waals surface area (Å²) in [7, 11) is 0. The van der Waals surface area contributed by atoms with Crippen LogP contribution >= 0.6 is 46.4 Å². The molecule has 1 fully saturated rings. The van der Waals surface area contributed by atoms with Crippen molar-refractivity contribution in [3.63, 3.8) is 0 Å². The first-order chi connectivity index (χ1) is 16.8. The van der Waals surface area contributed by atoms with Crippen LogP contribution in [-0.2, 0) is 11.2 Å². The first-order valence-electron chi connectivity index (χ1n) is 10.2. The largest absolute Gasteiger partial charge is 0.394 e. The highest BCUT2D eigenvalue weighted by molar-refractivity contribution is 6.53. The molecule has 1 aliphatic rings. The van der Waals surface area contributed by atoms with Gasteiger partial charge in [-0.25, -0.2) is 17.6 Å². The zero-order valence-electron chi connectivity index (χ0n) is 17.8. The molecule has 2 unspecified atom stereocenters. The molecule has 3 N–H and O–H groups in total. The second-order valence-electron chi connectivity index (χ2n) is 8.16. The van der Waals surface area contributed by atoms with E-state index in [9.17, 15) is 27.2 Å². The second kappa shape index (κ2) is 9.74. The van der Waals surface area contributed by atoms with Gasteiger partial charge in [-0.2, -0.15) is 0 Å². The average molecular weight is 580 g/mol. The van der Waals surface area contributed by atoms with Gasteiger partial charge in [-0.05, 0) is 47.5 Å². The Hall–Kier alpha value is -2.52. The molecular weight excluding hydrogens is 566 g/mol. The van der Waals surface area contributed by atoms with Gasteiger partial charge in [0.2, 0.25) is 0 Å². The summed E-state index contributed by atoms with van der Waals surface area (Å²) in [5, 5.41) is 1.57. The van der Waals surface area contributed by atoms with Gasteiger partial charge in [0.05, 0.1) is 22.2 Å². The smallest absolute Gasteiger partial charge is 0.257 e. The number of anilines is 2. The number of hydrogen-bond acceptors (Lipinski definition) is 3. The van der Waals surface area contributed by atoms with Crippen LogP contribution in [0.3, 0.4) is 0 Å². The number of amides is 1. The Morgan fingerprint density at radius 1 is 0.944 bits per heavy atom. The molecule has 188 valence electrons. The molecule has 0 radical (unpaired) electrons. The number of rotatable bonds is 6. The summed E-state index contributed by atoms with van der Waals surface area (Å²) < 4.78 is 53.7. The molecule has 36 heavy (non-hydrogen) atoms. The first kappa shape index (κ1) is 26.5. The average Bonchev–Trinajstić information content (AvgIpc) is 3.40. The summed E-state index contributed by atoms with van der Waals surface area (Å²) in [6.45, 7) is 0. The summed E-state index contributed by atoms with van der Waals surface area (Å²) in [4.78, 5) is 25.7. The predicted octanol–water partition coefficient (Wildman–Crippen LogP) is 7.08. The highest BCUT2D eigenvalue weighted by atomic mass is 35.5. The Morgan fingerprint density at radius 3 is 2.22 bits per heavy atom. The molecule has 0 heterocycles. The summed E-state index contributed by atoms with van der Waals surface area (Å²) in [5.41, 5.74) is 4.50. The number of nitrogen functional groups attached to an aromatic ring is 1. The van der Waals surface area contributed by atoms with Crippen LogP contribution < -0.4 is 11.1 Å². The maximum atomic E-state index is 14.2. The van der Waals surface area contributed by atoms with Crippen LogP contribution in [-0.4, -0.2) is 16.0 Å². The number of ketones is 1. The first-order valence-corrected chi connectivity index (χ1v) is 11.7. The predicted molar refractivity (Wildman–Crippen MR) is 131 cm³/mol. The maximum absolute atomic E-state index is 14.2. The molecular formula is C24H14Cl4F4N2O2. The molecule has 0 aromatic heterocycles. The normalized spacial score (nSPS) is 18.1. The molecule has 4 nitrogen and oxygen atoms in total. The maximum Gasteiger partial charge on any atom is 0.257 e. The second-order valence-corrected chi connectivity index (χ2v) is 10.4. The Labute approximate surface area is 222 Å². The summed E-state index contributed by atoms with van der Waals surface area (Å²) in [5.74, 6) is -7.31. The van der Waals surface area contributed by atoms with Crippen molar-refractivity contribution < 1.29 is 27.2 Å². The summed E-state index contributed by atoms with van der Waals surface area (Å²) >= 11 is 24.1. The van der Waals surface area contributed by atoms with Gasteiger partial charge >= 0.3 is 0 Å². The molecule has 3 aromatic carbocycles. The zero-order valence-corrected chi connectivity index (χ0v) is 20.8. The van der Waals surface area contributed by atoms with Gasteiger partial charge < -0.3 is 11.1 Å². The third kappa shape index (κ3) is 4.87. The fraction of sp³-hybridized carbons (Fsp3) is 0.167. The van der Waals surface area contributed by atoms with Crippen molar-refractivity contribution >= 4 is 69.5 Å². The van der Waals surface area contributed by atoms with Gasteiger partial charge in [-0.1, -0.05) is 29.3 Å². The van der Waals surface area contributed by atoms with Gasteiger partial charge in [-0.3, -0.25) is 9.59 Å². The number of halogens is 8. The third-order valence-electron chi connectivity index (χ3n) is 5.79. The van der Waals surface area contributed by atoms with Crippen LogP contribution in [0.2, 0.25) is 10.0 Å². The lowest BCUT2D eigenvalue weighted by Gasteiger charge is -2.11. The zero-order chi connectivity index (χ0) is 26.5. The number of Topliss-reactive ketones (excluding diaryl/α,β-unsaturated/α-hetero) is 1. The van der Waals surface area contributed by atoms with Crippen LogP contribution in [0.25, 0.3) is 0 Å². The SMILES string of the molecule is Nc1c(F)ccc(NC(=O)c2cc(CC(=O)C3C(c4cc(F)c(Cl)c(F)c4)C3(Cl)Cl)ccc2Cl)c1F. The minimum atomic E-state index is -1.60. The van der Waals surface area contributed by atoms with E-state index >= 15 is 0 Å². The molecule has 1 aliphatic carbocycles.